The lowest BCUT2D eigenvalue weighted by Gasteiger charge is -2.05. The number of hydrogen-bond acceptors (Lipinski definition) is 5. The van der Waals surface area contributed by atoms with E-state index in [1.165, 1.54) is 0 Å². The number of benzene rings is 1. The molecule has 0 aliphatic rings. The normalized spacial score (nSPS) is 11.4. The number of nitriles is 1. The first-order chi connectivity index (χ1) is 11.3. The van der Waals surface area contributed by atoms with E-state index in [-0.39, 0.29) is 11.6 Å². The molecule has 1 aromatic heterocycles. The van der Waals surface area contributed by atoms with Crippen LogP contribution in [0, 0.1) is 11.3 Å². The van der Waals surface area contributed by atoms with Gasteiger partial charge in [-0.15, -0.1) is 0 Å². The predicted octanol–water partition coefficient (Wildman–Crippen LogP) is 4.56. The number of hydrogen-bond donors (Lipinski definition) is 1. The third-order valence-electron chi connectivity index (χ3n) is 3.50. The minimum Gasteiger partial charge on any atom is -0.422 e. The molecule has 0 fully saturated rings. The van der Waals surface area contributed by atoms with Crippen molar-refractivity contribution in [3.8, 4) is 6.07 Å². The second-order valence-corrected chi connectivity index (χ2v) is 5.01. The Labute approximate surface area is 136 Å². The number of hydrazone groups is 1. The molecule has 118 valence electrons. The van der Waals surface area contributed by atoms with Crippen molar-refractivity contribution in [2.75, 3.05) is 5.43 Å². The number of nitrogens with zero attached hydrogens (tertiary/aromatic N) is 3. The fourth-order valence-corrected chi connectivity index (χ4v) is 2.16. The van der Waals surface area contributed by atoms with Crippen LogP contribution in [0.3, 0.4) is 0 Å². The van der Waals surface area contributed by atoms with Crippen LogP contribution in [0.4, 0.5) is 5.88 Å². The van der Waals surface area contributed by atoms with Gasteiger partial charge >= 0.3 is 0 Å². The van der Waals surface area contributed by atoms with Crippen LogP contribution in [0.15, 0.2) is 45.9 Å². The number of allylic oxidation sites excluding steroid dienone is 1. The van der Waals surface area contributed by atoms with E-state index in [0.29, 0.717) is 11.8 Å². The standard InChI is InChI=1S/C18H20N4O/c1-3-15(4-2)17-21-16(13-19)18(23-17)22-20-12-8-11-14-9-6-5-7-10-14/h5-12,15,22H,3-4H2,1-2H3. The first-order valence-corrected chi connectivity index (χ1v) is 7.70. The summed E-state index contributed by atoms with van der Waals surface area (Å²) in [5.41, 5.74) is 4.06. The molecule has 0 atom stereocenters. The maximum Gasteiger partial charge on any atom is 0.252 e. The molecule has 0 saturated heterocycles. The Kier molecular flexibility index (Phi) is 6.13. The van der Waals surface area contributed by atoms with E-state index >= 15 is 0 Å². The average Bonchev–Trinajstić information content (AvgIpc) is 3.00. The molecule has 2 aromatic rings. The van der Waals surface area contributed by atoms with E-state index in [1.807, 2.05) is 48.6 Å². The van der Waals surface area contributed by atoms with Crippen molar-refractivity contribution in [1.29, 1.82) is 5.26 Å². The van der Waals surface area contributed by atoms with E-state index in [4.69, 9.17) is 9.68 Å². The minimum absolute atomic E-state index is 0.222. The summed E-state index contributed by atoms with van der Waals surface area (Å²) in [5, 5.41) is 13.2. The summed E-state index contributed by atoms with van der Waals surface area (Å²) in [6, 6.07) is 12.0. The number of anilines is 1. The number of nitrogens with one attached hydrogen (secondary N) is 1. The van der Waals surface area contributed by atoms with Crippen LogP contribution < -0.4 is 5.43 Å². The largest absolute Gasteiger partial charge is 0.422 e. The Hall–Kier alpha value is -2.87. The summed E-state index contributed by atoms with van der Waals surface area (Å²) < 4.78 is 5.63. The van der Waals surface area contributed by atoms with Gasteiger partial charge in [0.15, 0.2) is 0 Å². The molecule has 5 nitrogen and oxygen atoms in total. The van der Waals surface area contributed by atoms with E-state index < -0.39 is 0 Å². The van der Waals surface area contributed by atoms with Gasteiger partial charge in [0.25, 0.3) is 5.88 Å². The first kappa shape index (κ1) is 16.5. The van der Waals surface area contributed by atoms with Gasteiger partial charge in [0.1, 0.15) is 6.07 Å². The summed E-state index contributed by atoms with van der Waals surface area (Å²) in [5.74, 6) is 1.10. The smallest absolute Gasteiger partial charge is 0.252 e. The molecule has 0 unspecified atom stereocenters. The Morgan fingerprint density at radius 3 is 2.70 bits per heavy atom. The van der Waals surface area contributed by atoms with Gasteiger partial charge in [-0.2, -0.15) is 10.4 Å². The van der Waals surface area contributed by atoms with Gasteiger partial charge < -0.3 is 4.42 Å². The molecule has 0 radical (unpaired) electrons. The molecule has 0 amide bonds. The molecule has 0 spiro atoms. The topological polar surface area (TPSA) is 74.2 Å². The van der Waals surface area contributed by atoms with E-state index in [0.717, 1.165) is 18.4 Å². The molecule has 1 aromatic carbocycles. The van der Waals surface area contributed by atoms with Gasteiger partial charge in [-0.3, -0.25) is 0 Å². The molecule has 1 heterocycles. The zero-order valence-electron chi connectivity index (χ0n) is 13.4. The fraction of sp³-hybridized carbons (Fsp3) is 0.278. The van der Waals surface area contributed by atoms with E-state index in [2.05, 4.69) is 29.4 Å². The third-order valence-corrected chi connectivity index (χ3v) is 3.50. The van der Waals surface area contributed by atoms with E-state index in [9.17, 15) is 0 Å². The lowest BCUT2D eigenvalue weighted by Crippen LogP contribution is -1.95. The van der Waals surface area contributed by atoms with Crippen LogP contribution in [0.5, 0.6) is 0 Å². The molecule has 1 N–H and O–H groups in total. The fourth-order valence-electron chi connectivity index (χ4n) is 2.16. The highest BCUT2D eigenvalue weighted by Gasteiger charge is 2.18. The second-order valence-electron chi connectivity index (χ2n) is 5.01. The molecule has 23 heavy (non-hydrogen) atoms. The summed E-state index contributed by atoms with van der Waals surface area (Å²) in [7, 11) is 0. The Balaban J connectivity index is 2.01. The van der Waals surface area contributed by atoms with Gasteiger partial charge in [0, 0.05) is 12.1 Å². The van der Waals surface area contributed by atoms with Gasteiger partial charge in [-0.1, -0.05) is 50.3 Å². The van der Waals surface area contributed by atoms with Gasteiger partial charge in [0.05, 0.1) is 0 Å². The highest BCUT2D eigenvalue weighted by atomic mass is 16.4. The van der Waals surface area contributed by atoms with Crippen molar-refractivity contribution >= 4 is 18.2 Å². The SMILES string of the molecule is CCC(CC)c1nc(C#N)c(NN=CC=Cc2ccccc2)o1. The lowest BCUT2D eigenvalue weighted by atomic mass is 10.0. The molecule has 5 heteroatoms. The maximum atomic E-state index is 9.13. The second kappa shape index (κ2) is 8.54. The number of oxazole rings is 1. The molecular formula is C18H20N4O. The van der Waals surface area contributed by atoms with Crippen LogP contribution in [0.1, 0.15) is 49.8 Å². The molecule has 0 bridgehead atoms. The monoisotopic (exact) mass is 308 g/mol. The molecule has 0 aliphatic heterocycles. The lowest BCUT2D eigenvalue weighted by molar-refractivity contribution is 0.439. The van der Waals surface area contributed by atoms with Gasteiger partial charge in [-0.25, -0.2) is 10.4 Å². The van der Waals surface area contributed by atoms with Crippen molar-refractivity contribution in [2.45, 2.75) is 32.6 Å². The first-order valence-electron chi connectivity index (χ1n) is 7.70. The quantitative estimate of drug-likeness (QED) is 0.601. The van der Waals surface area contributed by atoms with Crippen molar-refractivity contribution in [3.63, 3.8) is 0 Å². The predicted molar refractivity (Wildman–Crippen MR) is 92.1 cm³/mol. The Morgan fingerprint density at radius 2 is 2.04 bits per heavy atom. The van der Waals surface area contributed by atoms with Crippen molar-refractivity contribution in [2.24, 2.45) is 5.10 Å². The minimum atomic E-state index is 0.222. The van der Waals surface area contributed by atoms with Crippen LogP contribution in [0.2, 0.25) is 0 Å². The van der Waals surface area contributed by atoms with Gasteiger partial charge in [-0.05, 0) is 24.5 Å². The average molecular weight is 308 g/mol. The highest BCUT2D eigenvalue weighted by molar-refractivity contribution is 5.78. The molecule has 0 saturated carbocycles. The Morgan fingerprint density at radius 1 is 1.30 bits per heavy atom. The third kappa shape index (κ3) is 4.55. The summed E-state index contributed by atoms with van der Waals surface area (Å²) >= 11 is 0. The molecule has 0 aliphatic carbocycles. The van der Waals surface area contributed by atoms with Crippen molar-refractivity contribution in [3.05, 3.63) is 53.6 Å². The van der Waals surface area contributed by atoms with Crippen LogP contribution in [0.25, 0.3) is 6.08 Å². The highest BCUT2D eigenvalue weighted by Crippen LogP contribution is 2.26. The van der Waals surface area contributed by atoms with Crippen LogP contribution in [-0.4, -0.2) is 11.2 Å². The van der Waals surface area contributed by atoms with E-state index in [1.54, 1.807) is 6.21 Å². The van der Waals surface area contributed by atoms with Crippen molar-refractivity contribution in [1.82, 2.24) is 4.98 Å². The van der Waals surface area contributed by atoms with Gasteiger partial charge in [0.2, 0.25) is 11.6 Å². The molecule has 2 rings (SSSR count). The number of rotatable bonds is 7. The molecular weight excluding hydrogens is 288 g/mol. The summed E-state index contributed by atoms with van der Waals surface area (Å²) in [6.07, 6.45) is 7.20. The zero-order chi connectivity index (χ0) is 16.5. The summed E-state index contributed by atoms with van der Waals surface area (Å²) in [4.78, 5) is 4.23. The Bertz CT molecular complexity index is 706. The maximum absolute atomic E-state index is 9.13. The number of aromatic nitrogens is 1. The van der Waals surface area contributed by atoms with Crippen LogP contribution in [-0.2, 0) is 0 Å². The van der Waals surface area contributed by atoms with Crippen molar-refractivity contribution < 1.29 is 4.42 Å². The van der Waals surface area contributed by atoms with Crippen LogP contribution >= 0.6 is 0 Å². The zero-order valence-corrected chi connectivity index (χ0v) is 13.4. The summed E-state index contributed by atoms with van der Waals surface area (Å²) in [6.45, 7) is 4.15.